The highest BCUT2D eigenvalue weighted by Gasteiger charge is 2.36. The van der Waals surface area contributed by atoms with Crippen LogP contribution in [0.3, 0.4) is 0 Å². The zero-order chi connectivity index (χ0) is 19.6. The van der Waals surface area contributed by atoms with E-state index in [1.165, 1.54) is 32.2 Å². The molecule has 2 saturated carbocycles. The normalized spacial score (nSPS) is 26.8. The Morgan fingerprint density at radius 1 is 1.00 bits per heavy atom. The molecule has 3 unspecified atom stereocenters. The molecule has 0 amide bonds. The number of fused-ring (bicyclic) bond motifs is 1. The fourth-order valence-corrected chi connectivity index (χ4v) is 3.94. The summed E-state index contributed by atoms with van der Waals surface area (Å²) in [5.74, 6) is 3.41. The van der Waals surface area contributed by atoms with E-state index in [9.17, 15) is 5.11 Å². The molecule has 3 atom stereocenters. The van der Waals surface area contributed by atoms with Crippen LogP contribution in [0.5, 0.6) is 11.5 Å². The van der Waals surface area contributed by atoms with Gasteiger partial charge in [-0.25, -0.2) is 0 Å². The van der Waals surface area contributed by atoms with Crippen LogP contribution in [0, 0.1) is 11.8 Å². The van der Waals surface area contributed by atoms with Gasteiger partial charge in [0.2, 0.25) is 0 Å². The number of para-hydroxylation sites is 2. The van der Waals surface area contributed by atoms with E-state index in [2.05, 4.69) is 11.9 Å². The van der Waals surface area contributed by atoms with Crippen LogP contribution in [0.1, 0.15) is 59.3 Å². The third-order valence-corrected chi connectivity index (χ3v) is 5.67. The molecule has 4 rings (SSSR count). The van der Waals surface area contributed by atoms with Gasteiger partial charge in [0, 0.05) is 6.04 Å². The fourth-order valence-electron chi connectivity index (χ4n) is 3.94. The molecule has 4 nitrogen and oxygen atoms in total. The maximum absolute atomic E-state index is 9.45. The summed E-state index contributed by atoms with van der Waals surface area (Å²) in [6.45, 7) is 8.74. The number of hydrogen-bond donors (Lipinski definition) is 1. The highest BCUT2D eigenvalue weighted by Crippen LogP contribution is 2.35. The molecule has 1 aromatic carbocycles. The van der Waals surface area contributed by atoms with Crippen molar-refractivity contribution in [3.05, 3.63) is 24.3 Å². The predicted molar refractivity (Wildman–Crippen MR) is 112 cm³/mol. The zero-order valence-electron chi connectivity index (χ0n) is 17.7. The summed E-state index contributed by atoms with van der Waals surface area (Å²) < 4.78 is 11.2. The Balaban J connectivity index is 0.000000181. The molecule has 3 fully saturated rings. The molecule has 3 aliphatic rings. The van der Waals surface area contributed by atoms with E-state index in [0.717, 1.165) is 42.8 Å². The molecule has 1 heterocycles. The van der Waals surface area contributed by atoms with E-state index >= 15 is 0 Å². The van der Waals surface area contributed by atoms with Crippen LogP contribution in [-0.4, -0.2) is 49.0 Å². The van der Waals surface area contributed by atoms with Gasteiger partial charge in [-0.15, -0.1) is 0 Å². The van der Waals surface area contributed by atoms with Crippen molar-refractivity contribution in [3.8, 4) is 11.5 Å². The van der Waals surface area contributed by atoms with E-state index in [0.29, 0.717) is 12.6 Å². The van der Waals surface area contributed by atoms with Crippen molar-refractivity contribution in [3.63, 3.8) is 0 Å². The maximum Gasteiger partial charge on any atom is 0.161 e. The molecule has 27 heavy (non-hydrogen) atoms. The van der Waals surface area contributed by atoms with Gasteiger partial charge in [-0.05, 0) is 83.0 Å². The van der Waals surface area contributed by atoms with Crippen molar-refractivity contribution in [1.29, 1.82) is 0 Å². The number of aliphatic hydroxyl groups excluding tert-OH is 1. The van der Waals surface area contributed by atoms with Crippen LogP contribution in [0.2, 0.25) is 0 Å². The van der Waals surface area contributed by atoms with Gasteiger partial charge in [0.15, 0.2) is 11.5 Å². The number of likely N-dealkylation sites (tertiary alicyclic amines) is 1. The van der Waals surface area contributed by atoms with Crippen molar-refractivity contribution < 1.29 is 14.6 Å². The quantitative estimate of drug-likeness (QED) is 0.804. The number of benzene rings is 1. The van der Waals surface area contributed by atoms with Gasteiger partial charge in [-0.2, -0.15) is 0 Å². The zero-order valence-corrected chi connectivity index (χ0v) is 17.7. The second-order valence-corrected chi connectivity index (χ2v) is 7.70. The molecule has 1 aliphatic heterocycles. The van der Waals surface area contributed by atoms with Crippen molar-refractivity contribution in [2.45, 2.75) is 71.4 Å². The molecular formula is C23H39NO3. The molecular weight excluding hydrogens is 338 g/mol. The maximum atomic E-state index is 9.45. The molecule has 1 N–H and O–H groups in total. The van der Waals surface area contributed by atoms with Gasteiger partial charge in [-0.1, -0.05) is 26.0 Å². The molecule has 154 valence electrons. The number of rotatable bonds is 5. The van der Waals surface area contributed by atoms with Crippen molar-refractivity contribution in [2.75, 3.05) is 26.8 Å². The summed E-state index contributed by atoms with van der Waals surface area (Å²) in [5, 5.41) is 9.45. The monoisotopic (exact) mass is 377 g/mol. The molecule has 0 bridgehead atoms. The molecule has 1 saturated heterocycles. The van der Waals surface area contributed by atoms with Crippen LogP contribution in [0.25, 0.3) is 0 Å². The van der Waals surface area contributed by atoms with Crippen LogP contribution in [-0.2, 0) is 0 Å². The fraction of sp³-hybridized carbons (Fsp3) is 0.739. The molecule has 1 aromatic rings. The summed E-state index contributed by atoms with van der Waals surface area (Å²) in [4.78, 5) is 2.41. The average Bonchev–Trinajstić information content (AvgIpc) is 3.46. The lowest BCUT2D eigenvalue weighted by Gasteiger charge is -2.32. The summed E-state index contributed by atoms with van der Waals surface area (Å²) in [6.07, 6.45) is 7.27. The van der Waals surface area contributed by atoms with Gasteiger partial charge in [0.1, 0.15) is 0 Å². The number of ether oxygens (including phenoxy) is 2. The average molecular weight is 378 g/mol. The minimum Gasteiger partial charge on any atom is -0.490 e. The molecule has 0 aromatic heterocycles. The molecule has 0 spiro atoms. The Hall–Kier alpha value is -1.26. The van der Waals surface area contributed by atoms with Crippen molar-refractivity contribution in [1.82, 2.24) is 4.90 Å². The van der Waals surface area contributed by atoms with E-state index in [1.807, 2.05) is 45.0 Å². The third-order valence-electron chi connectivity index (χ3n) is 5.67. The Morgan fingerprint density at radius 2 is 1.67 bits per heavy atom. The lowest BCUT2D eigenvalue weighted by molar-refractivity contribution is 0.0714. The molecule has 0 radical (unpaired) electrons. The summed E-state index contributed by atoms with van der Waals surface area (Å²) in [6, 6.07) is 8.55. The summed E-state index contributed by atoms with van der Waals surface area (Å²) >= 11 is 0. The standard InChI is InChI=1S/C12H16O2.C9H17NO.C2H6/c1-2-13-11-5-3-4-6-12(11)14-9-10-7-8-10;1-10-5-4-7-2-3-8(11)6-9(7)10;1-2/h3-6,10H,2,7-9H2,1H3;7-9,11H,2-6H2,1H3;1-2H3. The number of hydrogen-bond acceptors (Lipinski definition) is 4. The second kappa shape index (κ2) is 11.6. The largest absolute Gasteiger partial charge is 0.490 e. The number of aliphatic hydroxyl groups is 1. The lowest BCUT2D eigenvalue weighted by atomic mass is 9.84. The SMILES string of the molecule is CC.CCOc1ccccc1OCC1CC1.CN1CCC2CCC(O)CC21. The first-order valence-corrected chi connectivity index (χ1v) is 10.9. The minimum absolute atomic E-state index is 0.0169. The Morgan fingerprint density at radius 3 is 2.30 bits per heavy atom. The predicted octanol–water partition coefficient (Wildman–Crippen LogP) is 4.75. The van der Waals surface area contributed by atoms with Gasteiger partial charge in [0.05, 0.1) is 19.3 Å². The smallest absolute Gasteiger partial charge is 0.161 e. The Bertz CT molecular complexity index is 532. The first-order chi connectivity index (χ1) is 13.2. The van der Waals surface area contributed by atoms with Crippen LogP contribution < -0.4 is 9.47 Å². The second-order valence-electron chi connectivity index (χ2n) is 7.70. The Kier molecular flexibility index (Phi) is 9.43. The van der Waals surface area contributed by atoms with Gasteiger partial charge < -0.3 is 19.5 Å². The first kappa shape index (κ1) is 22.0. The van der Waals surface area contributed by atoms with Crippen molar-refractivity contribution in [2.24, 2.45) is 11.8 Å². The van der Waals surface area contributed by atoms with Gasteiger partial charge in [0.25, 0.3) is 0 Å². The topological polar surface area (TPSA) is 41.9 Å². The molecule has 2 aliphatic carbocycles. The highest BCUT2D eigenvalue weighted by molar-refractivity contribution is 5.39. The third kappa shape index (κ3) is 7.00. The van der Waals surface area contributed by atoms with E-state index in [-0.39, 0.29) is 6.10 Å². The first-order valence-electron chi connectivity index (χ1n) is 10.9. The van der Waals surface area contributed by atoms with Crippen molar-refractivity contribution >= 4 is 0 Å². The van der Waals surface area contributed by atoms with Gasteiger partial charge in [-0.3, -0.25) is 0 Å². The van der Waals surface area contributed by atoms with Crippen LogP contribution in [0.4, 0.5) is 0 Å². The van der Waals surface area contributed by atoms with E-state index < -0.39 is 0 Å². The summed E-state index contributed by atoms with van der Waals surface area (Å²) in [5.41, 5.74) is 0. The molecule has 4 heteroatoms. The highest BCUT2D eigenvalue weighted by atomic mass is 16.5. The van der Waals surface area contributed by atoms with Crippen LogP contribution >= 0.6 is 0 Å². The Labute approximate surface area is 165 Å². The summed E-state index contributed by atoms with van der Waals surface area (Å²) in [7, 11) is 2.18. The van der Waals surface area contributed by atoms with E-state index in [1.54, 1.807) is 0 Å². The number of nitrogens with zero attached hydrogens (tertiary/aromatic N) is 1. The van der Waals surface area contributed by atoms with Gasteiger partial charge >= 0.3 is 0 Å². The van der Waals surface area contributed by atoms with E-state index in [4.69, 9.17) is 9.47 Å². The van der Waals surface area contributed by atoms with Crippen LogP contribution in [0.15, 0.2) is 24.3 Å². The lowest BCUT2D eigenvalue weighted by Crippen LogP contribution is -2.36. The minimum atomic E-state index is -0.0169.